The summed E-state index contributed by atoms with van der Waals surface area (Å²) in [6.45, 7) is 0.427. The summed E-state index contributed by atoms with van der Waals surface area (Å²) in [5.41, 5.74) is 2.07. The Hall–Kier alpha value is -2.31. The summed E-state index contributed by atoms with van der Waals surface area (Å²) in [5, 5.41) is 12.5. The van der Waals surface area contributed by atoms with Crippen LogP contribution in [-0.4, -0.2) is 5.91 Å². The van der Waals surface area contributed by atoms with Crippen LogP contribution >= 0.6 is 11.6 Å². The molecule has 0 aromatic heterocycles. The second-order valence-corrected chi connectivity index (χ2v) is 6.02. The molecule has 2 aromatic carbocycles. The monoisotopic (exact) mass is 310 g/mol. The van der Waals surface area contributed by atoms with Crippen LogP contribution in [0, 0.1) is 11.3 Å². The molecule has 0 aliphatic heterocycles. The van der Waals surface area contributed by atoms with E-state index in [9.17, 15) is 4.79 Å². The van der Waals surface area contributed by atoms with Crippen molar-refractivity contribution in [1.29, 1.82) is 5.26 Å². The van der Waals surface area contributed by atoms with Gasteiger partial charge in [0, 0.05) is 11.6 Å². The molecule has 0 atom stereocenters. The van der Waals surface area contributed by atoms with Gasteiger partial charge in [-0.25, -0.2) is 0 Å². The van der Waals surface area contributed by atoms with Gasteiger partial charge < -0.3 is 5.32 Å². The van der Waals surface area contributed by atoms with Crippen molar-refractivity contribution in [3.8, 4) is 6.07 Å². The van der Waals surface area contributed by atoms with Crippen molar-refractivity contribution in [3.63, 3.8) is 0 Å². The summed E-state index contributed by atoms with van der Waals surface area (Å²) >= 11 is 6.03. The summed E-state index contributed by atoms with van der Waals surface area (Å²) in [4.78, 5) is 12.5. The molecule has 22 heavy (non-hydrogen) atoms. The lowest BCUT2D eigenvalue weighted by atomic mass is 9.95. The van der Waals surface area contributed by atoms with Crippen LogP contribution in [0.2, 0.25) is 5.02 Å². The van der Waals surface area contributed by atoms with Gasteiger partial charge in [-0.15, -0.1) is 0 Å². The molecule has 3 rings (SSSR count). The number of nitriles is 1. The van der Waals surface area contributed by atoms with Gasteiger partial charge in [-0.2, -0.15) is 5.26 Å². The van der Waals surface area contributed by atoms with Crippen LogP contribution in [0.15, 0.2) is 48.5 Å². The summed E-state index contributed by atoms with van der Waals surface area (Å²) in [7, 11) is 0. The summed E-state index contributed by atoms with van der Waals surface area (Å²) < 4.78 is 0. The first-order chi connectivity index (χ1) is 10.6. The van der Waals surface area contributed by atoms with E-state index in [1.165, 1.54) is 0 Å². The van der Waals surface area contributed by atoms with Gasteiger partial charge in [0.2, 0.25) is 5.91 Å². The predicted molar refractivity (Wildman–Crippen MR) is 85.4 cm³/mol. The third kappa shape index (κ3) is 2.84. The van der Waals surface area contributed by atoms with E-state index < -0.39 is 5.41 Å². The maximum absolute atomic E-state index is 12.5. The molecule has 1 N–H and O–H groups in total. The number of carbonyl (C=O) groups is 1. The van der Waals surface area contributed by atoms with E-state index in [1.807, 2.05) is 36.4 Å². The molecule has 1 aliphatic rings. The molecule has 1 amide bonds. The van der Waals surface area contributed by atoms with Crippen molar-refractivity contribution in [2.45, 2.75) is 24.8 Å². The highest BCUT2D eigenvalue weighted by molar-refractivity contribution is 6.30. The van der Waals surface area contributed by atoms with Gasteiger partial charge in [-0.05, 0) is 48.2 Å². The highest BCUT2D eigenvalue weighted by atomic mass is 35.5. The van der Waals surface area contributed by atoms with Crippen molar-refractivity contribution in [3.05, 3.63) is 70.2 Å². The maximum Gasteiger partial charge on any atom is 0.230 e. The second kappa shape index (κ2) is 5.82. The number of carbonyl (C=O) groups excluding carboxylic acids is 1. The standard InChI is InChI=1S/C18H15ClN2O/c19-16-6-2-5-15(10-16)18(7-8-18)17(22)21-12-14-4-1-3-13(9-14)11-20/h1-6,9-10H,7-8,12H2,(H,21,22). The van der Waals surface area contributed by atoms with Crippen LogP contribution in [0.25, 0.3) is 0 Å². The SMILES string of the molecule is N#Cc1cccc(CNC(=O)C2(c3cccc(Cl)c3)CC2)c1. The molecule has 1 aliphatic carbocycles. The molecule has 0 saturated heterocycles. The van der Waals surface area contributed by atoms with E-state index in [1.54, 1.807) is 12.1 Å². The van der Waals surface area contributed by atoms with Crippen LogP contribution in [0.3, 0.4) is 0 Å². The fraction of sp³-hybridized carbons (Fsp3) is 0.222. The van der Waals surface area contributed by atoms with Crippen LogP contribution in [0.4, 0.5) is 0 Å². The molecular formula is C18H15ClN2O. The van der Waals surface area contributed by atoms with Gasteiger partial charge in [0.15, 0.2) is 0 Å². The van der Waals surface area contributed by atoms with E-state index >= 15 is 0 Å². The van der Waals surface area contributed by atoms with E-state index in [4.69, 9.17) is 16.9 Å². The van der Waals surface area contributed by atoms with E-state index in [-0.39, 0.29) is 5.91 Å². The van der Waals surface area contributed by atoms with Crippen molar-refractivity contribution in [2.75, 3.05) is 0 Å². The van der Waals surface area contributed by atoms with Crippen LogP contribution in [0.1, 0.15) is 29.5 Å². The number of nitrogens with one attached hydrogen (secondary N) is 1. The molecule has 1 fully saturated rings. The quantitative estimate of drug-likeness (QED) is 0.938. The van der Waals surface area contributed by atoms with Crippen molar-refractivity contribution in [2.24, 2.45) is 0 Å². The van der Waals surface area contributed by atoms with Gasteiger partial charge in [-0.1, -0.05) is 35.9 Å². The fourth-order valence-corrected chi connectivity index (χ4v) is 2.85. The molecule has 0 bridgehead atoms. The average molecular weight is 311 g/mol. The van der Waals surface area contributed by atoms with Crippen molar-refractivity contribution < 1.29 is 4.79 Å². The van der Waals surface area contributed by atoms with E-state index in [0.717, 1.165) is 24.0 Å². The number of halogens is 1. The van der Waals surface area contributed by atoms with Crippen LogP contribution in [-0.2, 0) is 16.8 Å². The lowest BCUT2D eigenvalue weighted by Gasteiger charge is -2.16. The highest BCUT2D eigenvalue weighted by Gasteiger charge is 2.51. The highest BCUT2D eigenvalue weighted by Crippen LogP contribution is 2.48. The third-order valence-corrected chi connectivity index (χ3v) is 4.31. The molecule has 110 valence electrons. The van der Waals surface area contributed by atoms with Gasteiger partial charge in [0.1, 0.15) is 0 Å². The summed E-state index contributed by atoms with van der Waals surface area (Å²) in [5.74, 6) is 0.0251. The first-order valence-electron chi connectivity index (χ1n) is 7.17. The third-order valence-electron chi connectivity index (χ3n) is 4.07. The zero-order valence-corrected chi connectivity index (χ0v) is 12.7. The van der Waals surface area contributed by atoms with Crippen molar-refractivity contribution >= 4 is 17.5 Å². The zero-order valence-electron chi connectivity index (χ0n) is 12.0. The molecular weight excluding hydrogens is 296 g/mol. The minimum atomic E-state index is -0.433. The lowest BCUT2D eigenvalue weighted by Crippen LogP contribution is -2.34. The van der Waals surface area contributed by atoms with E-state index in [2.05, 4.69) is 11.4 Å². The number of benzene rings is 2. The van der Waals surface area contributed by atoms with Gasteiger partial charge in [0.05, 0.1) is 17.0 Å². The summed E-state index contributed by atoms with van der Waals surface area (Å²) in [6.07, 6.45) is 1.69. The molecule has 0 unspecified atom stereocenters. The molecule has 0 spiro atoms. The Bertz CT molecular complexity index is 760. The second-order valence-electron chi connectivity index (χ2n) is 5.59. The normalized spacial score (nSPS) is 14.9. The van der Waals surface area contributed by atoms with Gasteiger partial charge >= 0.3 is 0 Å². The molecule has 2 aromatic rings. The maximum atomic E-state index is 12.5. The minimum Gasteiger partial charge on any atom is -0.351 e. The molecule has 3 nitrogen and oxygen atoms in total. The Kier molecular flexibility index (Phi) is 3.87. The Balaban J connectivity index is 1.71. The molecule has 4 heteroatoms. The first kappa shape index (κ1) is 14.6. The number of nitrogens with zero attached hydrogens (tertiary/aromatic N) is 1. The Labute approximate surface area is 134 Å². The van der Waals surface area contributed by atoms with Gasteiger partial charge in [0.25, 0.3) is 0 Å². The van der Waals surface area contributed by atoms with Crippen molar-refractivity contribution in [1.82, 2.24) is 5.32 Å². The zero-order chi connectivity index (χ0) is 15.6. The van der Waals surface area contributed by atoms with E-state index in [0.29, 0.717) is 17.1 Å². The van der Waals surface area contributed by atoms with Crippen LogP contribution < -0.4 is 5.32 Å². The topological polar surface area (TPSA) is 52.9 Å². The lowest BCUT2D eigenvalue weighted by molar-refractivity contribution is -0.123. The Morgan fingerprint density at radius 3 is 2.68 bits per heavy atom. The molecule has 0 radical (unpaired) electrons. The largest absolute Gasteiger partial charge is 0.351 e. The smallest absolute Gasteiger partial charge is 0.230 e. The fourth-order valence-electron chi connectivity index (χ4n) is 2.66. The Morgan fingerprint density at radius 1 is 1.23 bits per heavy atom. The van der Waals surface area contributed by atoms with Gasteiger partial charge in [-0.3, -0.25) is 4.79 Å². The molecule has 1 saturated carbocycles. The number of hydrogen-bond donors (Lipinski definition) is 1. The average Bonchev–Trinajstić information content (AvgIpc) is 3.35. The number of rotatable bonds is 4. The predicted octanol–water partition coefficient (Wildman–Crippen LogP) is 3.56. The molecule has 0 heterocycles. The number of amides is 1. The van der Waals surface area contributed by atoms with Crippen LogP contribution in [0.5, 0.6) is 0 Å². The first-order valence-corrected chi connectivity index (χ1v) is 7.55. The number of hydrogen-bond acceptors (Lipinski definition) is 2. The minimum absolute atomic E-state index is 0.0251. The Morgan fingerprint density at radius 2 is 2.00 bits per heavy atom. The summed E-state index contributed by atoms with van der Waals surface area (Å²) in [6, 6.07) is 16.9.